The van der Waals surface area contributed by atoms with Crippen molar-refractivity contribution < 1.29 is 18.7 Å². The highest BCUT2D eigenvalue weighted by atomic mass is 19.1. The van der Waals surface area contributed by atoms with E-state index in [0.717, 1.165) is 0 Å². The van der Waals surface area contributed by atoms with Gasteiger partial charge in [0.1, 0.15) is 11.4 Å². The molecule has 0 bridgehead atoms. The Morgan fingerprint density at radius 3 is 2.59 bits per heavy atom. The van der Waals surface area contributed by atoms with Crippen molar-refractivity contribution in [1.82, 2.24) is 4.90 Å². The molecule has 22 heavy (non-hydrogen) atoms. The summed E-state index contributed by atoms with van der Waals surface area (Å²) in [5, 5.41) is 2.59. The maximum Gasteiger partial charge on any atom is 0.321 e. The summed E-state index contributed by atoms with van der Waals surface area (Å²) < 4.78 is 18.2. The number of urea groups is 1. The maximum absolute atomic E-state index is 13.0. The lowest BCUT2D eigenvalue weighted by Crippen LogP contribution is -2.32. The van der Waals surface area contributed by atoms with Crippen molar-refractivity contribution in [2.75, 3.05) is 18.9 Å². The number of nitrogens with zero attached hydrogens (tertiary/aromatic N) is 1. The fraction of sp³-hybridized carbons (Fsp3) is 0.500. The third kappa shape index (κ3) is 7.06. The standard InChI is InChI=1S/C16H23FN2O3/c1-16(2,3)22-14(20)9-6-10-19(4)15(21)18-13-8-5-7-12(17)11-13/h5,7-8,11H,6,9-10H2,1-4H3,(H,18,21). The smallest absolute Gasteiger partial charge is 0.321 e. The van der Waals surface area contributed by atoms with Gasteiger partial charge in [0, 0.05) is 25.7 Å². The second-order valence-electron chi connectivity index (χ2n) is 6.05. The first-order valence-electron chi connectivity index (χ1n) is 7.17. The number of carbonyl (C=O) groups is 2. The van der Waals surface area contributed by atoms with Gasteiger partial charge in [-0.05, 0) is 45.4 Å². The lowest BCUT2D eigenvalue weighted by atomic mass is 10.2. The Morgan fingerprint density at radius 1 is 1.32 bits per heavy atom. The zero-order valence-electron chi connectivity index (χ0n) is 13.5. The third-order valence-corrected chi connectivity index (χ3v) is 2.72. The molecule has 0 aromatic heterocycles. The van der Waals surface area contributed by atoms with Gasteiger partial charge >= 0.3 is 12.0 Å². The first kappa shape index (κ1) is 17.9. The third-order valence-electron chi connectivity index (χ3n) is 2.72. The minimum atomic E-state index is -0.502. The molecule has 0 unspecified atom stereocenters. The van der Waals surface area contributed by atoms with Crippen molar-refractivity contribution in [3.8, 4) is 0 Å². The molecule has 122 valence electrons. The van der Waals surface area contributed by atoms with Gasteiger partial charge in [-0.15, -0.1) is 0 Å². The summed E-state index contributed by atoms with van der Waals surface area (Å²) in [4.78, 5) is 24.9. The number of hydrogen-bond donors (Lipinski definition) is 1. The van der Waals surface area contributed by atoms with Crippen molar-refractivity contribution in [2.24, 2.45) is 0 Å². The summed E-state index contributed by atoms with van der Waals surface area (Å²) in [6, 6.07) is 5.32. The molecule has 6 heteroatoms. The van der Waals surface area contributed by atoms with Gasteiger partial charge in [-0.2, -0.15) is 0 Å². The second-order valence-corrected chi connectivity index (χ2v) is 6.05. The lowest BCUT2D eigenvalue weighted by Gasteiger charge is -2.20. The quantitative estimate of drug-likeness (QED) is 0.848. The van der Waals surface area contributed by atoms with Gasteiger partial charge in [0.2, 0.25) is 0 Å². The van der Waals surface area contributed by atoms with Crippen LogP contribution in [-0.2, 0) is 9.53 Å². The van der Waals surface area contributed by atoms with Crippen molar-refractivity contribution >= 4 is 17.7 Å². The van der Waals surface area contributed by atoms with Gasteiger partial charge < -0.3 is 15.0 Å². The van der Waals surface area contributed by atoms with E-state index in [1.807, 2.05) is 20.8 Å². The van der Waals surface area contributed by atoms with Crippen LogP contribution in [0.3, 0.4) is 0 Å². The van der Waals surface area contributed by atoms with E-state index in [9.17, 15) is 14.0 Å². The highest BCUT2D eigenvalue weighted by Gasteiger charge is 2.16. The number of esters is 1. The summed E-state index contributed by atoms with van der Waals surface area (Å²) in [6.07, 6.45) is 0.747. The Hall–Kier alpha value is -2.11. The van der Waals surface area contributed by atoms with E-state index in [1.165, 1.54) is 23.1 Å². The monoisotopic (exact) mass is 310 g/mol. The zero-order valence-corrected chi connectivity index (χ0v) is 13.5. The SMILES string of the molecule is CN(CCCC(=O)OC(C)(C)C)C(=O)Nc1cccc(F)c1. The molecule has 0 aliphatic heterocycles. The van der Waals surface area contributed by atoms with Crippen LogP contribution in [0, 0.1) is 5.82 Å². The van der Waals surface area contributed by atoms with E-state index in [1.54, 1.807) is 13.1 Å². The Balaban J connectivity index is 2.34. The molecule has 1 aromatic carbocycles. The molecule has 1 N–H and O–H groups in total. The van der Waals surface area contributed by atoms with Crippen LogP contribution in [0.1, 0.15) is 33.6 Å². The number of rotatable bonds is 5. The first-order valence-corrected chi connectivity index (χ1v) is 7.17. The summed E-state index contributed by atoms with van der Waals surface area (Å²) in [5.74, 6) is -0.697. The zero-order chi connectivity index (χ0) is 16.8. The molecular formula is C16H23FN2O3. The van der Waals surface area contributed by atoms with Gasteiger partial charge in [-0.3, -0.25) is 4.79 Å². The predicted molar refractivity (Wildman–Crippen MR) is 83.1 cm³/mol. The summed E-state index contributed by atoms with van der Waals surface area (Å²) in [5.41, 5.74) is -0.110. The van der Waals surface area contributed by atoms with Crippen molar-refractivity contribution in [1.29, 1.82) is 0 Å². The van der Waals surface area contributed by atoms with E-state index < -0.39 is 11.4 Å². The molecule has 0 radical (unpaired) electrons. The van der Waals surface area contributed by atoms with Crippen LogP contribution < -0.4 is 5.32 Å². The Labute approximate surface area is 130 Å². The van der Waals surface area contributed by atoms with Gasteiger partial charge in [0.15, 0.2) is 0 Å². The minimum absolute atomic E-state index is 0.245. The van der Waals surface area contributed by atoms with Crippen molar-refractivity contribution in [3.63, 3.8) is 0 Å². The molecule has 0 aliphatic rings. The Morgan fingerprint density at radius 2 is 2.00 bits per heavy atom. The molecule has 0 aliphatic carbocycles. The summed E-state index contributed by atoms with van der Waals surface area (Å²) >= 11 is 0. The summed E-state index contributed by atoms with van der Waals surface area (Å²) in [6.45, 7) is 5.83. The Kier molecular flexibility index (Phi) is 6.34. The van der Waals surface area contributed by atoms with E-state index in [2.05, 4.69) is 5.32 Å². The molecule has 1 aromatic rings. The number of nitrogens with one attached hydrogen (secondary N) is 1. The van der Waals surface area contributed by atoms with Crippen LogP contribution in [-0.4, -0.2) is 36.1 Å². The highest BCUT2D eigenvalue weighted by molar-refractivity contribution is 5.89. The van der Waals surface area contributed by atoms with Gasteiger partial charge in [0.05, 0.1) is 0 Å². The van der Waals surface area contributed by atoms with Crippen molar-refractivity contribution in [2.45, 2.75) is 39.2 Å². The number of ether oxygens (including phenoxy) is 1. The molecule has 0 fully saturated rings. The largest absolute Gasteiger partial charge is 0.460 e. The average Bonchev–Trinajstić information content (AvgIpc) is 2.36. The molecule has 0 spiro atoms. The van der Waals surface area contributed by atoms with Gasteiger partial charge in [0.25, 0.3) is 0 Å². The number of hydrogen-bond acceptors (Lipinski definition) is 3. The number of benzene rings is 1. The molecule has 1 rings (SSSR count). The molecule has 0 heterocycles. The predicted octanol–water partition coefficient (Wildman–Crippen LogP) is 3.41. The van der Waals surface area contributed by atoms with E-state index >= 15 is 0 Å². The molecule has 0 atom stereocenters. The topological polar surface area (TPSA) is 58.6 Å². The number of carbonyl (C=O) groups excluding carboxylic acids is 2. The fourth-order valence-electron chi connectivity index (χ4n) is 1.74. The second kappa shape index (κ2) is 7.77. The fourth-order valence-corrected chi connectivity index (χ4v) is 1.74. The Bertz CT molecular complexity index is 526. The summed E-state index contributed by atoms with van der Waals surface area (Å²) in [7, 11) is 1.61. The van der Waals surface area contributed by atoms with Crippen LogP contribution in [0.25, 0.3) is 0 Å². The van der Waals surface area contributed by atoms with Crippen LogP contribution in [0.4, 0.5) is 14.9 Å². The van der Waals surface area contributed by atoms with Crippen LogP contribution in [0.2, 0.25) is 0 Å². The molecular weight excluding hydrogens is 287 g/mol. The minimum Gasteiger partial charge on any atom is -0.460 e. The van der Waals surface area contributed by atoms with Gasteiger partial charge in [-0.25, -0.2) is 9.18 Å². The average molecular weight is 310 g/mol. The maximum atomic E-state index is 13.0. The van der Waals surface area contributed by atoms with Gasteiger partial charge in [-0.1, -0.05) is 6.07 Å². The molecule has 5 nitrogen and oxygen atoms in total. The molecule has 0 saturated carbocycles. The van der Waals surface area contributed by atoms with Crippen LogP contribution in [0.15, 0.2) is 24.3 Å². The van der Waals surface area contributed by atoms with E-state index in [0.29, 0.717) is 18.7 Å². The van der Waals surface area contributed by atoms with E-state index in [4.69, 9.17) is 4.74 Å². The number of halogens is 1. The first-order chi connectivity index (χ1) is 10.2. The molecule has 0 saturated heterocycles. The highest BCUT2D eigenvalue weighted by Crippen LogP contribution is 2.11. The van der Waals surface area contributed by atoms with Crippen LogP contribution in [0.5, 0.6) is 0 Å². The number of anilines is 1. The van der Waals surface area contributed by atoms with E-state index in [-0.39, 0.29) is 18.4 Å². The molecule has 2 amide bonds. The van der Waals surface area contributed by atoms with Crippen molar-refractivity contribution in [3.05, 3.63) is 30.1 Å². The lowest BCUT2D eigenvalue weighted by molar-refractivity contribution is -0.154. The number of amides is 2. The van der Waals surface area contributed by atoms with Crippen LogP contribution >= 0.6 is 0 Å². The normalized spacial score (nSPS) is 11.0.